The van der Waals surface area contributed by atoms with Gasteiger partial charge in [-0.05, 0) is 35.6 Å². The minimum absolute atomic E-state index is 0.168. The highest BCUT2D eigenvalue weighted by atomic mass is 32.1. The average molecular weight is 299 g/mol. The van der Waals surface area contributed by atoms with E-state index in [1.54, 1.807) is 11.4 Å². The molecule has 6 heteroatoms. The van der Waals surface area contributed by atoms with Crippen LogP contribution in [0.15, 0.2) is 41.1 Å². The molecular formula is C14H12F3NOS. The molecule has 20 heavy (non-hydrogen) atoms. The van der Waals surface area contributed by atoms with Crippen LogP contribution in [0, 0.1) is 0 Å². The van der Waals surface area contributed by atoms with Gasteiger partial charge >= 0.3 is 6.18 Å². The van der Waals surface area contributed by atoms with E-state index in [1.807, 2.05) is 5.38 Å². The van der Waals surface area contributed by atoms with Crippen molar-refractivity contribution < 1.29 is 18.0 Å². The van der Waals surface area contributed by atoms with Crippen LogP contribution in [-0.4, -0.2) is 12.5 Å². The summed E-state index contributed by atoms with van der Waals surface area (Å²) in [6.45, 7) is 0.389. The maximum absolute atomic E-state index is 12.4. The zero-order chi connectivity index (χ0) is 14.6. The molecule has 0 fully saturated rings. The molecule has 0 saturated carbocycles. The maximum atomic E-state index is 12.4. The molecule has 0 spiro atoms. The second-order valence-corrected chi connectivity index (χ2v) is 4.99. The first-order valence-corrected chi connectivity index (χ1v) is 6.87. The highest BCUT2D eigenvalue weighted by Crippen LogP contribution is 2.29. The first-order valence-electron chi connectivity index (χ1n) is 5.93. The Hall–Kier alpha value is -1.82. The molecule has 0 bridgehead atoms. The lowest BCUT2D eigenvalue weighted by atomic mass is 10.1. The number of alkyl halides is 3. The first-order chi connectivity index (χ1) is 9.47. The number of hydrogen-bond acceptors (Lipinski definition) is 2. The van der Waals surface area contributed by atoms with Gasteiger partial charge in [0, 0.05) is 17.5 Å². The molecular weight excluding hydrogens is 287 g/mol. The Labute approximate surface area is 118 Å². The summed E-state index contributed by atoms with van der Waals surface area (Å²) < 4.78 is 37.1. The van der Waals surface area contributed by atoms with Gasteiger partial charge in [0.1, 0.15) is 0 Å². The van der Waals surface area contributed by atoms with Crippen molar-refractivity contribution in [3.63, 3.8) is 0 Å². The number of carbonyl (C=O) groups excluding carboxylic acids is 1. The standard InChI is InChI=1S/C14H12F3NOS/c15-14(16,17)12-3-1-10(2-4-12)5-7-18-13(19)11-6-8-20-9-11/h1-4,6,8-9H,5,7H2,(H,18,19). The summed E-state index contributed by atoms with van der Waals surface area (Å²) >= 11 is 1.43. The van der Waals surface area contributed by atoms with Crippen LogP contribution in [0.1, 0.15) is 21.5 Å². The van der Waals surface area contributed by atoms with Crippen molar-refractivity contribution in [2.75, 3.05) is 6.54 Å². The van der Waals surface area contributed by atoms with Gasteiger partial charge in [-0.2, -0.15) is 24.5 Å². The Balaban J connectivity index is 1.84. The number of amides is 1. The summed E-state index contributed by atoms with van der Waals surface area (Å²) in [5.41, 5.74) is 0.689. The summed E-state index contributed by atoms with van der Waals surface area (Å²) in [7, 11) is 0. The Morgan fingerprint density at radius 2 is 1.85 bits per heavy atom. The van der Waals surface area contributed by atoms with E-state index < -0.39 is 11.7 Å². The summed E-state index contributed by atoms with van der Waals surface area (Å²) in [5.74, 6) is -0.168. The summed E-state index contributed by atoms with van der Waals surface area (Å²) in [6.07, 6.45) is -3.82. The van der Waals surface area contributed by atoms with Gasteiger partial charge in [0.2, 0.25) is 0 Å². The normalized spacial score (nSPS) is 11.3. The quantitative estimate of drug-likeness (QED) is 0.915. The molecule has 2 rings (SSSR count). The molecule has 2 aromatic rings. The van der Waals surface area contributed by atoms with E-state index in [0.717, 1.165) is 17.7 Å². The van der Waals surface area contributed by atoms with Crippen LogP contribution in [0.3, 0.4) is 0 Å². The number of nitrogens with one attached hydrogen (secondary N) is 1. The average Bonchev–Trinajstić information content (AvgIpc) is 2.92. The molecule has 0 unspecified atom stereocenters. The Kier molecular flexibility index (Phi) is 4.44. The van der Waals surface area contributed by atoms with Crippen molar-refractivity contribution in [1.29, 1.82) is 0 Å². The molecule has 1 heterocycles. The van der Waals surface area contributed by atoms with E-state index >= 15 is 0 Å². The maximum Gasteiger partial charge on any atom is 0.416 e. The third-order valence-corrected chi connectivity index (χ3v) is 3.45. The molecule has 1 N–H and O–H groups in total. The number of halogens is 3. The van der Waals surface area contributed by atoms with Crippen molar-refractivity contribution in [3.8, 4) is 0 Å². The zero-order valence-electron chi connectivity index (χ0n) is 10.4. The highest BCUT2D eigenvalue weighted by Gasteiger charge is 2.29. The van der Waals surface area contributed by atoms with Crippen molar-refractivity contribution in [2.24, 2.45) is 0 Å². The minimum Gasteiger partial charge on any atom is -0.352 e. The molecule has 0 aliphatic rings. The van der Waals surface area contributed by atoms with E-state index in [-0.39, 0.29) is 5.91 Å². The Morgan fingerprint density at radius 3 is 2.40 bits per heavy atom. The fraction of sp³-hybridized carbons (Fsp3) is 0.214. The molecule has 0 radical (unpaired) electrons. The summed E-state index contributed by atoms with van der Waals surface area (Å²) in [6, 6.07) is 6.68. The second kappa shape index (κ2) is 6.09. The molecule has 0 atom stereocenters. The third kappa shape index (κ3) is 3.84. The second-order valence-electron chi connectivity index (χ2n) is 4.21. The molecule has 0 aliphatic carbocycles. The largest absolute Gasteiger partial charge is 0.416 e. The minimum atomic E-state index is -4.31. The lowest BCUT2D eigenvalue weighted by molar-refractivity contribution is -0.137. The number of thiophene rings is 1. The van der Waals surface area contributed by atoms with Gasteiger partial charge in [0.25, 0.3) is 5.91 Å². The van der Waals surface area contributed by atoms with Crippen LogP contribution in [0.2, 0.25) is 0 Å². The molecule has 1 amide bonds. The van der Waals surface area contributed by atoms with Gasteiger partial charge in [-0.1, -0.05) is 12.1 Å². The van der Waals surface area contributed by atoms with Crippen LogP contribution >= 0.6 is 11.3 Å². The smallest absolute Gasteiger partial charge is 0.352 e. The fourth-order valence-electron chi connectivity index (χ4n) is 1.68. The van der Waals surface area contributed by atoms with Crippen LogP contribution in [-0.2, 0) is 12.6 Å². The number of hydrogen-bond donors (Lipinski definition) is 1. The molecule has 0 aliphatic heterocycles. The molecule has 0 saturated heterocycles. The van der Waals surface area contributed by atoms with Crippen molar-refractivity contribution >= 4 is 17.2 Å². The predicted molar refractivity (Wildman–Crippen MR) is 71.8 cm³/mol. The number of rotatable bonds is 4. The lowest BCUT2D eigenvalue weighted by Gasteiger charge is -2.08. The predicted octanol–water partition coefficient (Wildman–Crippen LogP) is 3.74. The SMILES string of the molecule is O=C(NCCc1ccc(C(F)(F)F)cc1)c1ccsc1. The molecule has 2 nitrogen and oxygen atoms in total. The van der Waals surface area contributed by atoms with E-state index in [9.17, 15) is 18.0 Å². The van der Waals surface area contributed by atoms with Gasteiger partial charge in [-0.15, -0.1) is 0 Å². The van der Waals surface area contributed by atoms with E-state index in [0.29, 0.717) is 18.5 Å². The van der Waals surface area contributed by atoms with Crippen LogP contribution in [0.4, 0.5) is 13.2 Å². The van der Waals surface area contributed by atoms with E-state index in [2.05, 4.69) is 5.32 Å². The fourth-order valence-corrected chi connectivity index (χ4v) is 2.31. The summed E-state index contributed by atoms with van der Waals surface area (Å²) in [4.78, 5) is 11.6. The zero-order valence-corrected chi connectivity index (χ0v) is 11.2. The topological polar surface area (TPSA) is 29.1 Å². The number of carbonyl (C=O) groups is 1. The van der Waals surface area contributed by atoms with Gasteiger partial charge in [0.05, 0.1) is 5.56 Å². The van der Waals surface area contributed by atoms with E-state index in [1.165, 1.54) is 23.5 Å². The highest BCUT2D eigenvalue weighted by molar-refractivity contribution is 7.08. The lowest BCUT2D eigenvalue weighted by Crippen LogP contribution is -2.25. The molecule has 1 aromatic heterocycles. The number of benzene rings is 1. The van der Waals surface area contributed by atoms with Gasteiger partial charge in [-0.25, -0.2) is 0 Å². The first kappa shape index (κ1) is 14.6. The summed E-state index contributed by atoms with van der Waals surface area (Å²) in [5, 5.41) is 6.28. The van der Waals surface area contributed by atoms with Crippen LogP contribution in [0.5, 0.6) is 0 Å². The van der Waals surface area contributed by atoms with Gasteiger partial charge < -0.3 is 5.32 Å². The van der Waals surface area contributed by atoms with Gasteiger partial charge in [-0.3, -0.25) is 4.79 Å². The van der Waals surface area contributed by atoms with Crippen LogP contribution < -0.4 is 5.32 Å². The Bertz CT molecular complexity index is 561. The third-order valence-electron chi connectivity index (χ3n) is 2.76. The van der Waals surface area contributed by atoms with Gasteiger partial charge in [0.15, 0.2) is 0 Å². The van der Waals surface area contributed by atoms with Crippen LogP contribution in [0.25, 0.3) is 0 Å². The molecule has 1 aromatic carbocycles. The van der Waals surface area contributed by atoms with Crippen molar-refractivity contribution in [1.82, 2.24) is 5.32 Å². The van der Waals surface area contributed by atoms with E-state index in [4.69, 9.17) is 0 Å². The molecule has 106 valence electrons. The van der Waals surface area contributed by atoms with Crippen molar-refractivity contribution in [2.45, 2.75) is 12.6 Å². The van der Waals surface area contributed by atoms with Crippen molar-refractivity contribution in [3.05, 3.63) is 57.8 Å². The Morgan fingerprint density at radius 1 is 1.15 bits per heavy atom. The monoisotopic (exact) mass is 299 g/mol.